The Hall–Kier alpha value is -3.33. The maximum Gasteiger partial charge on any atom is 1.00 e. The first-order valence-electron chi connectivity index (χ1n) is 12.6. The first kappa shape index (κ1) is 44.7. The van der Waals surface area contributed by atoms with Crippen LogP contribution in [0.15, 0.2) is 70.7 Å². The van der Waals surface area contributed by atoms with Crippen LogP contribution in [0.25, 0.3) is 4.72 Å². The van der Waals surface area contributed by atoms with E-state index >= 15 is 0 Å². The summed E-state index contributed by atoms with van der Waals surface area (Å²) in [4.78, 5) is 6.21. The number of nitriles is 2. The molecule has 0 aliphatic rings. The molecule has 4 rings (SSSR count). The molecule has 22 heteroatoms. The second-order valence-corrected chi connectivity index (χ2v) is 14.3. The van der Waals surface area contributed by atoms with Gasteiger partial charge in [-0.1, -0.05) is 35.0 Å². The van der Waals surface area contributed by atoms with Crippen molar-refractivity contribution in [3.8, 4) is 12.1 Å². The van der Waals surface area contributed by atoms with Crippen molar-refractivity contribution in [2.24, 2.45) is 0 Å². The molecule has 0 saturated carbocycles. The van der Waals surface area contributed by atoms with Crippen LogP contribution in [0.4, 0.5) is 37.7 Å². The molecule has 2 heterocycles. The minimum Gasteiger partial charge on any atom is -0.570 e. The number of pyridine rings is 2. The van der Waals surface area contributed by atoms with Crippen LogP contribution in [0.1, 0.15) is 33.6 Å². The van der Waals surface area contributed by atoms with E-state index in [1.54, 1.807) is 25.3 Å². The predicted molar refractivity (Wildman–Crippen MR) is 168 cm³/mol. The first-order valence-corrected chi connectivity index (χ1v) is 17.1. The Morgan fingerprint density at radius 3 is 1.58 bits per heavy atom. The average molecular weight is 810 g/mol. The summed E-state index contributed by atoms with van der Waals surface area (Å²) in [7, 11) is -3.78. The van der Waals surface area contributed by atoms with Gasteiger partial charge in [-0.05, 0) is 67.4 Å². The number of anilines is 1. The zero-order valence-corrected chi connectivity index (χ0v) is 31.3. The quantitative estimate of drug-likeness (QED) is 0.159. The van der Waals surface area contributed by atoms with E-state index in [9.17, 15) is 43.2 Å². The molecule has 0 unspecified atom stereocenters. The van der Waals surface area contributed by atoms with Crippen LogP contribution in [-0.4, -0.2) is 26.8 Å². The fraction of sp³-hybridized carbons (Fsp3) is 0.143. The van der Waals surface area contributed by atoms with Crippen LogP contribution in [0, 0.1) is 36.5 Å². The molecule has 2 aromatic carbocycles. The average Bonchev–Trinajstić information content (AvgIpc) is 2.96. The first-order chi connectivity index (χ1) is 22.4. The van der Waals surface area contributed by atoms with Gasteiger partial charge >= 0.3 is 41.9 Å². The summed E-state index contributed by atoms with van der Waals surface area (Å²) in [5, 5.41) is 16.1. The number of nitrogens with two attached hydrogens (primary N) is 1. The minimum absolute atomic E-state index is 0. The van der Waals surface area contributed by atoms with Crippen molar-refractivity contribution in [1.82, 2.24) is 9.97 Å². The standard InChI is InChI=1S/C14H8ClF3N3O2S.C7H3Cl2F3O2S.C7H7N3.Na/c1-8-4-12(13(6-19)20-7-8)21-24(22,23)9-2-3-11(15)10(5-9)14(16,17)18;8-6-2-1-4(15(9,13)14)3-5(6)7(10,11)12;1-5-2-6(9)7(3-8)10-4-5;/h2-5,7H,1H3;1-3H;2,4H,9H2,1H3;/q-1;;;+1. The molecule has 10 nitrogen and oxygen atoms in total. The van der Waals surface area contributed by atoms with E-state index in [4.69, 9.17) is 50.1 Å². The van der Waals surface area contributed by atoms with E-state index in [0.29, 0.717) is 29.1 Å². The zero-order valence-electron chi connectivity index (χ0n) is 25.4. The van der Waals surface area contributed by atoms with Crippen LogP contribution in [0.5, 0.6) is 0 Å². The van der Waals surface area contributed by atoms with E-state index in [1.165, 1.54) is 12.3 Å². The van der Waals surface area contributed by atoms with Crippen molar-refractivity contribution in [3.63, 3.8) is 0 Å². The summed E-state index contributed by atoms with van der Waals surface area (Å²) in [6, 6.07) is 10.8. The monoisotopic (exact) mass is 808 g/mol. The minimum atomic E-state index is -4.81. The van der Waals surface area contributed by atoms with E-state index in [-0.39, 0.29) is 40.9 Å². The van der Waals surface area contributed by atoms with Crippen molar-refractivity contribution >= 4 is 64.3 Å². The third kappa shape index (κ3) is 12.8. The van der Waals surface area contributed by atoms with Gasteiger partial charge in [-0.2, -0.15) is 36.9 Å². The van der Waals surface area contributed by atoms with E-state index in [2.05, 4.69) is 14.7 Å². The summed E-state index contributed by atoms with van der Waals surface area (Å²) in [5.41, 5.74) is 4.67. The number of nitrogens with zero attached hydrogens (tertiary/aromatic N) is 5. The van der Waals surface area contributed by atoms with E-state index in [1.807, 2.05) is 13.0 Å². The van der Waals surface area contributed by atoms with Crippen molar-refractivity contribution in [2.45, 2.75) is 36.0 Å². The number of aromatic nitrogens is 2. The van der Waals surface area contributed by atoms with Gasteiger partial charge in [-0.15, -0.1) is 0 Å². The summed E-state index contributed by atoms with van der Waals surface area (Å²) < 4.78 is 125. The molecule has 0 radical (unpaired) electrons. The third-order valence-corrected chi connectivity index (χ3v) is 8.85. The molecule has 0 saturated heterocycles. The van der Waals surface area contributed by atoms with Gasteiger partial charge in [0.15, 0.2) is 5.69 Å². The number of halogens is 9. The molecule has 4 aromatic rings. The van der Waals surface area contributed by atoms with Gasteiger partial charge < -0.3 is 10.5 Å². The third-order valence-electron chi connectivity index (χ3n) is 5.55. The number of benzene rings is 2. The Labute approximate surface area is 318 Å². The van der Waals surface area contributed by atoms with Crippen LogP contribution in [0.3, 0.4) is 0 Å². The Bertz CT molecular complexity index is 2180. The fourth-order valence-corrected chi connectivity index (χ4v) is 5.57. The summed E-state index contributed by atoms with van der Waals surface area (Å²) in [5.74, 6) is 0. The Balaban J connectivity index is 0.000000410. The van der Waals surface area contributed by atoms with Gasteiger partial charge in [-0.3, -0.25) is 0 Å². The molecule has 0 aliphatic carbocycles. The van der Waals surface area contributed by atoms with Crippen LogP contribution in [-0.2, 0) is 31.4 Å². The topological polar surface area (TPSA) is 182 Å². The SMILES string of the molecule is Cc1cnc(C#N)c(N)c1.Cc1cnc(C#N)c([N-]S(=O)(=O)c2ccc(Cl)c(C(F)(F)F)c2)c1.O=S(=O)(Cl)c1ccc(Cl)c(C(F)(F)F)c1.[Na+]. The Kier molecular flexibility index (Phi) is 15.9. The summed E-state index contributed by atoms with van der Waals surface area (Å²) in [6.45, 7) is 3.48. The number of sulfonamides is 1. The predicted octanol–water partition coefficient (Wildman–Crippen LogP) is 5.46. The summed E-state index contributed by atoms with van der Waals surface area (Å²) in [6.07, 6.45) is -6.57. The smallest absolute Gasteiger partial charge is 0.570 e. The molecule has 50 heavy (non-hydrogen) atoms. The number of hydrogen-bond acceptors (Lipinski definition) is 9. The molecule has 260 valence electrons. The van der Waals surface area contributed by atoms with Gasteiger partial charge in [-0.25, -0.2) is 26.8 Å². The normalized spacial score (nSPS) is 11.3. The van der Waals surface area contributed by atoms with E-state index in [0.717, 1.165) is 29.8 Å². The maximum absolute atomic E-state index is 12.9. The van der Waals surface area contributed by atoms with Gasteiger partial charge in [0.2, 0.25) is 0 Å². The molecular formula is C28H18Cl3F6N6NaO4S2. The Morgan fingerprint density at radius 1 is 0.740 bits per heavy atom. The number of aryl methyl sites for hydroxylation is 2. The number of alkyl halides is 6. The molecule has 2 N–H and O–H groups in total. The van der Waals surface area contributed by atoms with Crippen molar-refractivity contribution in [1.29, 1.82) is 10.5 Å². The van der Waals surface area contributed by atoms with Crippen molar-refractivity contribution in [3.05, 3.63) is 109 Å². The van der Waals surface area contributed by atoms with Crippen molar-refractivity contribution < 1.29 is 72.7 Å². The second kappa shape index (κ2) is 17.7. The largest absolute Gasteiger partial charge is 1.00 e. The van der Waals surface area contributed by atoms with Crippen LogP contribution < -0.4 is 35.3 Å². The van der Waals surface area contributed by atoms with Crippen molar-refractivity contribution in [2.75, 3.05) is 5.73 Å². The second-order valence-electron chi connectivity index (χ2n) is 9.34. The molecule has 0 fully saturated rings. The summed E-state index contributed by atoms with van der Waals surface area (Å²) >= 11 is 10.7. The zero-order chi connectivity index (χ0) is 37.5. The molecule has 0 atom stereocenters. The maximum atomic E-state index is 12.9. The van der Waals surface area contributed by atoms with Crippen LogP contribution in [0.2, 0.25) is 10.0 Å². The Morgan fingerprint density at radius 2 is 1.16 bits per heavy atom. The van der Waals surface area contributed by atoms with Gasteiger partial charge in [0.05, 0.1) is 36.7 Å². The molecular weight excluding hydrogens is 792 g/mol. The van der Waals surface area contributed by atoms with E-state index < -0.39 is 62.4 Å². The van der Waals surface area contributed by atoms with Gasteiger partial charge in [0, 0.05) is 23.1 Å². The molecule has 2 aromatic heterocycles. The number of rotatable bonds is 4. The number of hydrogen-bond donors (Lipinski definition) is 1. The molecule has 0 amide bonds. The fourth-order valence-electron chi connectivity index (χ4n) is 3.33. The number of nitrogen functional groups attached to an aromatic ring is 1. The van der Waals surface area contributed by atoms with Gasteiger partial charge in [0.25, 0.3) is 9.05 Å². The van der Waals surface area contributed by atoms with Gasteiger partial charge in [0.1, 0.15) is 27.9 Å². The molecule has 0 aliphatic heterocycles. The van der Waals surface area contributed by atoms with Crippen LogP contribution >= 0.6 is 33.9 Å². The molecule has 0 bridgehead atoms. The molecule has 0 spiro atoms.